The molecule has 0 saturated carbocycles. The molecule has 0 spiro atoms. The van der Waals surface area contributed by atoms with Gasteiger partial charge in [-0.25, -0.2) is 0 Å². The summed E-state index contributed by atoms with van der Waals surface area (Å²) in [6, 6.07) is 3.44. The van der Waals surface area contributed by atoms with Crippen LogP contribution in [0.2, 0.25) is 0 Å². The van der Waals surface area contributed by atoms with E-state index in [1.165, 1.54) is 6.07 Å². The van der Waals surface area contributed by atoms with E-state index >= 15 is 0 Å². The second kappa shape index (κ2) is 7.28. The van der Waals surface area contributed by atoms with Gasteiger partial charge in [-0.3, -0.25) is 19.8 Å². The number of rotatable bonds is 5. The first-order valence-corrected chi connectivity index (χ1v) is 7.79. The Morgan fingerprint density at radius 3 is 2.81 bits per heavy atom. The summed E-state index contributed by atoms with van der Waals surface area (Å²) in [4.78, 5) is 24.5. The maximum atomic E-state index is 12.0. The van der Waals surface area contributed by atoms with Gasteiger partial charge in [0.25, 0.3) is 11.6 Å². The third-order valence-corrected chi connectivity index (χ3v) is 4.18. The van der Waals surface area contributed by atoms with Crippen LogP contribution in [0.5, 0.6) is 5.75 Å². The molecule has 1 saturated heterocycles. The van der Waals surface area contributed by atoms with Gasteiger partial charge in [-0.05, 0) is 12.1 Å². The highest BCUT2D eigenvalue weighted by Gasteiger charge is 2.20. The van der Waals surface area contributed by atoms with Gasteiger partial charge < -0.3 is 10.4 Å². The molecule has 1 amide bonds. The Morgan fingerprint density at radius 2 is 2.14 bits per heavy atom. The fraction of sp³-hybridized carbons (Fsp3) is 0.462. The van der Waals surface area contributed by atoms with Crippen molar-refractivity contribution in [3.8, 4) is 5.75 Å². The molecule has 7 nitrogen and oxygen atoms in total. The molecule has 1 heterocycles. The fourth-order valence-corrected chi connectivity index (χ4v) is 3.09. The molecule has 0 unspecified atom stereocenters. The molecule has 0 bridgehead atoms. The van der Waals surface area contributed by atoms with E-state index in [0.29, 0.717) is 6.54 Å². The third-order valence-electron chi connectivity index (χ3n) is 3.24. The molecule has 0 atom stereocenters. The molecule has 1 aliphatic rings. The van der Waals surface area contributed by atoms with Crippen LogP contribution in [-0.4, -0.2) is 58.5 Å². The molecule has 114 valence electrons. The highest BCUT2D eigenvalue weighted by molar-refractivity contribution is 7.99. The van der Waals surface area contributed by atoms with Gasteiger partial charge in [0.1, 0.15) is 11.3 Å². The zero-order valence-corrected chi connectivity index (χ0v) is 12.3. The average molecular weight is 311 g/mol. The number of carbonyl (C=O) groups is 1. The number of nitro benzene ring substituents is 1. The van der Waals surface area contributed by atoms with E-state index in [0.717, 1.165) is 43.3 Å². The predicted octanol–water partition coefficient (Wildman–Crippen LogP) is 1.08. The van der Waals surface area contributed by atoms with Crippen molar-refractivity contribution in [1.82, 2.24) is 10.2 Å². The molecular weight excluding hydrogens is 294 g/mol. The van der Waals surface area contributed by atoms with Crippen LogP contribution in [0.1, 0.15) is 10.4 Å². The molecule has 1 aliphatic heterocycles. The van der Waals surface area contributed by atoms with Crippen LogP contribution in [0.4, 0.5) is 5.69 Å². The van der Waals surface area contributed by atoms with Crippen LogP contribution in [0.3, 0.4) is 0 Å². The first kappa shape index (κ1) is 15.6. The lowest BCUT2D eigenvalue weighted by atomic mass is 10.1. The lowest BCUT2D eigenvalue weighted by molar-refractivity contribution is -0.385. The van der Waals surface area contributed by atoms with Crippen molar-refractivity contribution >= 4 is 23.4 Å². The molecule has 1 fully saturated rings. The number of phenolic OH excluding ortho intramolecular Hbond substituents is 1. The first-order chi connectivity index (χ1) is 10.1. The lowest BCUT2D eigenvalue weighted by Crippen LogP contribution is -2.39. The van der Waals surface area contributed by atoms with E-state index in [1.54, 1.807) is 0 Å². The number of nitrogens with one attached hydrogen (secondary N) is 1. The molecule has 0 radical (unpaired) electrons. The predicted molar refractivity (Wildman–Crippen MR) is 80.9 cm³/mol. The number of amides is 1. The van der Waals surface area contributed by atoms with Gasteiger partial charge >= 0.3 is 0 Å². The van der Waals surface area contributed by atoms with E-state index in [9.17, 15) is 20.0 Å². The molecule has 2 rings (SSSR count). The molecule has 0 aromatic heterocycles. The summed E-state index contributed by atoms with van der Waals surface area (Å²) in [5.74, 6) is 1.47. The number of carbonyl (C=O) groups excluding carboxylic acids is 1. The molecule has 1 aromatic carbocycles. The van der Waals surface area contributed by atoms with E-state index < -0.39 is 10.8 Å². The minimum Gasteiger partial charge on any atom is -0.508 e. The lowest BCUT2D eigenvalue weighted by Gasteiger charge is -2.25. The second-order valence-electron chi connectivity index (χ2n) is 4.67. The summed E-state index contributed by atoms with van der Waals surface area (Å²) in [5.41, 5.74) is -0.422. The zero-order valence-electron chi connectivity index (χ0n) is 11.4. The SMILES string of the molecule is O=C(NCCN1CCSCC1)c1cc(O)ccc1[N+](=O)[O-]. The van der Waals surface area contributed by atoms with E-state index in [2.05, 4.69) is 10.2 Å². The van der Waals surface area contributed by atoms with Gasteiger partial charge in [0.15, 0.2) is 0 Å². The first-order valence-electron chi connectivity index (χ1n) is 6.63. The van der Waals surface area contributed by atoms with Crippen LogP contribution < -0.4 is 5.32 Å². The molecular formula is C13H17N3O4S. The Bertz CT molecular complexity index is 532. The number of phenols is 1. The summed E-state index contributed by atoms with van der Waals surface area (Å²) in [6.45, 7) is 3.13. The van der Waals surface area contributed by atoms with Gasteiger partial charge in [-0.15, -0.1) is 0 Å². The maximum absolute atomic E-state index is 12.0. The average Bonchev–Trinajstić information content (AvgIpc) is 2.47. The number of aromatic hydroxyl groups is 1. The summed E-state index contributed by atoms with van der Waals surface area (Å²) < 4.78 is 0. The van der Waals surface area contributed by atoms with Gasteiger partial charge in [0, 0.05) is 43.8 Å². The standard InChI is InChI=1S/C13H17N3O4S/c17-10-1-2-12(16(19)20)11(9-10)13(18)14-3-4-15-5-7-21-8-6-15/h1-2,9,17H,3-8H2,(H,14,18). The van der Waals surface area contributed by atoms with Gasteiger partial charge in [-0.2, -0.15) is 11.8 Å². The second-order valence-corrected chi connectivity index (χ2v) is 5.89. The number of nitrogens with zero attached hydrogens (tertiary/aromatic N) is 2. The summed E-state index contributed by atoms with van der Waals surface area (Å²) in [5, 5.41) is 22.9. The van der Waals surface area contributed by atoms with Crippen LogP contribution in [0.25, 0.3) is 0 Å². The van der Waals surface area contributed by atoms with E-state index in [1.807, 2.05) is 11.8 Å². The van der Waals surface area contributed by atoms with E-state index in [-0.39, 0.29) is 17.0 Å². The number of hydrogen-bond donors (Lipinski definition) is 2. The number of thioether (sulfide) groups is 1. The number of nitro groups is 1. The number of benzene rings is 1. The fourth-order valence-electron chi connectivity index (χ4n) is 2.11. The van der Waals surface area contributed by atoms with Crippen molar-refractivity contribution < 1.29 is 14.8 Å². The molecule has 8 heteroatoms. The van der Waals surface area contributed by atoms with Crippen LogP contribution in [0.15, 0.2) is 18.2 Å². The Kier molecular flexibility index (Phi) is 5.40. The summed E-state index contributed by atoms with van der Waals surface area (Å²) >= 11 is 1.91. The molecule has 1 aromatic rings. The Morgan fingerprint density at radius 1 is 1.43 bits per heavy atom. The monoisotopic (exact) mass is 311 g/mol. The Balaban J connectivity index is 1.93. The minimum atomic E-state index is -0.629. The molecule has 0 aliphatic carbocycles. The van der Waals surface area contributed by atoms with Crippen molar-refractivity contribution in [2.45, 2.75) is 0 Å². The topological polar surface area (TPSA) is 95.7 Å². The maximum Gasteiger partial charge on any atom is 0.282 e. The Labute approximate surface area is 126 Å². The minimum absolute atomic E-state index is 0.116. The van der Waals surface area contributed by atoms with Crippen molar-refractivity contribution in [2.24, 2.45) is 0 Å². The van der Waals surface area contributed by atoms with Crippen molar-refractivity contribution in [1.29, 1.82) is 0 Å². The van der Waals surface area contributed by atoms with Gasteiger partial charge in [-0.1, -0.05) is 0 Å². The van der Waals surface area contributed by atoms with Crippen molar-refractivity contribution in [3.63, 3.8) is 0 Å². The summed E-state index contributed by atoms with van der Waals surface area (Å²) in [6.07, 6.45) is 0. The van der Waals surface area contributed by atoms with Crippen molar-refractivity contribution in [3.05, 3.63) is 33.9 Å². The van der Waals surface area contributed by atoms with Gasteiger partial charge in [0.05, 0.1) is 4.92 Å². The largest absolute Gasteiger partial charge is 0.508 e. The quantitative estimate of drug-likeness (QED) is 0.624. The van der Waals surface area contributed by atoms with Gasteiger partial charge in [0.2, 0.25) is 0 Å². The van der Waals surface area contributed by atoms with Crippen LogP contribution >= 0.6 is 11.8 Å². The summed E-state index contributed by atoms with van der Waals surface area (Å²) in [7, 11) is 0. The Hall–Kier alpha value is -1.80. The van der Waals surface area contributed by atoms with E-state index in [4.69, 9.17) is 0 Å². The number of hydrogen-bond acceptors (Lipinski definition) is 6. The zero-order chi connectivity index (χ0) is 15.2. The molecule has 2 N–H and O–H groups in total. The van der Waals surface area contributed by atoms with Crippen LogP contribution in [0, 0.1) is 10.1 Å². The molecule has 21 heavy (non-hydrogen) atoms. The van der Waals surface area contributed by atoms with Crippen molar-refractivity contribution in [2.75, 3.05) is 37.7 Å². The smallest absolute Gasteiger partial charge is 0.282 e. The normalized spacial score (nSPS) is 15.6. The highest BCUT2D eigenvalue weighted by Crippen LogP contribution is 2.23. The third kappa shape index (κ3) is 4.33. The highest BCUT2D eigenvalue weighted by atomic mass is 32.2. The van der Waals surface area contributed by atoms with Crippen LogP contribution in [-0.2, 0) is 0 Å².